The standard InChI is InChI=1S/C54H33N3/c1-3-18-37-35(16-1)36-17-2-4-19-38(36)45-32-34(55-47-26-10-5-20-39(47)40-21-6-11-27-48(40)55)33-46-43-24-9-14-30-51(43)57(53(45)46)54-44(37)25-15-31-52(54)56-49-28-12-7-22-41(49)42-23-8-13-29-50(42)56/h1-33H. The van der Waals surface area contributed by atoms with Gasteiger partial charge in [-0.15, -0.1) is 0 Å². The van der Waals surface area contributed by atoms with E-state index in [4.69, 9.17) is 0 Å². The number of aromatic nitrogens is 3. The molecule has 3 heteroatoms. The minimum absolute atomic E-state index is 1.14. The van der Waals surface area contributed by atoms with Crippen molar-refractivity contribution in [1.29, 1.82) is 0 Å². The number of hydrogen-bond acceptors (Lipinski definition) is 0. The number of fused-ring (bicyclic) bond motifs is 16. The molecule has 0 saturated heterocycles. The summed E-state index contributed by atoms with van der Waals surface area (Å²) < 4.78 is 7.54. The van der Waals surface area contributed by atoms with Crippen molar-refractivity contribution in [2.45, 2.75) is 0 Å². The summed E-state index contributed by atoms with van der Waals surface area (Å²) >= 11 is 0. The molecule has 4 heterocycles. The molecule has 0 spiro atoms. The summed E-state index contributed by atoms with van der Waals surface area (Å²) in [7, 11) is 0. The van der Waals surface area contributed by atoms with Crippen molar-refractivity contribution in [3.8, 4) is 11.4 Å². The van der Waals surface area contributed by atoms with Crippen LogP contribution in [-0.2, 0) is 0 Å². The first-order valence-corrected chi connectivity index (χ1v) is 19.7. The molecule has 9 aromatic carbocycles. The zero-order valence-corrected chi connectivity index (χ0v) is 30.9. The zero-order chi connectivity index (χ0) is 37.2. The van der Waals surface area contributed by atoms with E-state index in [9.17, 15) is 0 Å². The van der Waals surface area contributed by atoms with Crippen LogP contribution in [0.1, 0.15) is 0 Å². The highest BCUT2D eigenvalue weighted by Crippen LogP contribution is 2.43. The van der Waals surface area contributed by atoms with Crippen LogP contribution in [0.15, 0.2) is 200 Å². The average molecular weight is 724 g/mol. The fourth-order valence-electron chi connectivity index (χ4n) is 10.1. The molecule has 0 aliphatic heterocycles. The highest BCUT2D eigenvalue weighted by Gasteiger charge is 2.22. The largest absolute Gasteiger partial charge is 0.309 e. The first-order chi connectivity index (χ1) is 28.3. The lowest BCUT2D eigenvalue weighted by molar-refractivity contribution is 1.17. The number of nitrogens with zero attached hydrogens (tertiary/aromatic N) is 3. The first kappa shape index (κ1) is 30.7. The Kier molecular flexibility index (Phi) is 6.16. The Hall–Kier alpha value is -7.62. The van der Waals surface area contributed by atoms with E-state index in [1.165, 1.54) is 103 Å². The van der Waals surface area contributed by atoms with Crippen LogP contribution in [0.3, 0.4) is 0 Å². The van der Waals surface area contributed by atoms with Crippen molar-refractivity contribution in [3.05, 3.63) is 200 Å². The SMILES string of the molecule is c1ccc2c(c1)c1ccccc1c1cc(-n3c4ccccc4c4ccccc43)cc3c4ccccc4n(c4c(-n5c6ccccc6c6ccccc65)cccc24)c13. The van der Waals surface area contributed by atoms with Gasteiger partial charge in [0, 0.05) is 48.8 Å². The molecule has 0 amide bonds. The van der Waals surface area contributed by atoms with E-state index >= 15 is 0 Å². The first-order valence-electron chi connectivity index (χ1n) is 19.7. The van der Waals surface area contributed by atoms with E-state index in [2.05, 4.69) is 214 Å². The lowest BCUT2D eigenvalue weighted by atomic mass is 10.00. The van der Waals surface area contributed by atoms with E-state index in [1.54, 1.807) is 0 Å². The molecule has 0 aliphatic rings. The molecule has 0 N–H and O–H groups in total. The van der Waals surface area contributed by atoms with E-state index in [-0.39, 0.29) is 0 Å². The average Bonchev–Trinajstić information content (AvgIpc) is 3.92. The van der Waals surface area contributed by atoms with Crippen LogP contribution in [-0.4, -0.2) is 13.5 Å². The molecule has 0 unspecified atom stereocenters. The molecule has 13 aromatic rings. The van der Waals surface area contributed by atoms with Gasteiger partial charge in [0.2, 0.25) is 0 Å². The fraction of sp³-hybridized carbons (Fsp3) is 0. The van der Waals surface area contributed by atoms with Crippen molar-refractivity contribution in [3.63, 3.8) is 0 Å². The predicted molar refractivity (Wildman–Crippen MR) is 242 cm³/mol. The number of para-hydroxylation sites is 6. The van der Waals surface area contributed by atoms with Gasteiger partial charge in [-0.3, -0.25) is 0 Å². The van der Waals surface area contributed by atoms with Crippen LogP contribution in [0.2, 0.25) is 0 Å². The van der Waals surface area contributed by atoms with E-state index in [1.807, 2.05) is 0 Å². The molecule has 57 heavy (non-hydrogen) atoms. The highest BCUT2D eigenvalue weighted by molar-refractivity contribution is 6.27. The third kappa shape index (κ3) is 4.10. The van der Waals surface area contributed by atoms with Gasteiger partial charge < -0.3 is 13.5 Å². The maximum Gasteiger partial charge on any atom is 0.0782 e. The van der Waals surface area contributed by atoms with Crippen LogP contribution < -0.4 is 0 Å². The van der Waals surface area contributed by atoms with Crippen molar-refractivity contribution in [2.24, 2.45) is 0 Å². The lowest BCUT2D eigenvalue weighted by Gasteiger charge is -2.14. The molecule has 3 nitrogen and oxygen atoms in total. The second-order valence-corrected chi connectivity index (χ2v) is 15.2. The molecule has 4 aromatic heterocycles. The quantitative estimate of drug-likeness (QED) is 0.169. The Balaban J connectivity index is 1.35. The zero-order valence-electron chi connectivity index (χ0n) is 30.9. The van der Waals surface area contributed by atoms with Gasteiger partial charge in [-0.1, -0.05) is 152 Å². The van der Waals surface area contributed by atoms with Gasteiger partial charge in [0.15, 0.2) is 0 Å². The van der Waals surface area contributed by atoms with Crippen molar-refractivity contribution < 1.29 is 0 Å². The third-order valence-electron chi connectivity index (χ3n) is 12.4. The second-order valence-electron chi connectivity index (χ2n) is 15.2. The van der Waals surface area contributed by atoms with Crippen molar-refractivity contribution >= 4 is 103 Å². The lowest BCUT2D eigenvalue weighted by Crippen LogP contribution is -1.99. The number of benzene rings is 9. The minimum atomic E-state index is 1.14. The summed E-state index contributed by atoms with van der Waals surface area (Å²) in [5.41, 5.74) is 10.6. The van der Waals surface area contributed by atoms with Crippen LogP contribution in [0.4, 0.5) is 0 Å². The number of hydrogen-bond donors (Lipinski definition) is 0. The Morgan fingerprint density at radius 1 is 0.228 bits per heavy atom. The summed E-state index contributed by atoms with van der Waals surface area (Å²) in [6.45, 7) is 0. The summed E-state index contributed by atoms with van der Waals surface area (Å²) in [6, 6.07) is 74.1. The molecule has 0 saturated carbocycles. The summed E-state index contributed by atoms with van der Waals surface area (Å²) in [6.07, 6.45) is 0. The predicted octanol–water partition coefficient (Wildman–Crippen LogP) is 14.5. The highest BCUT2D eigenvalue weighted by atomic mass is 15.0. The van der Waals surface area contributed by atoms with Crippen LogP contribution in [0.5, 0.6) is 0 Å². The molecule has 0 radical (unpaired) electrons. The maximum atomic E-state index is 2.59. The molecule has 264 valence electrons. The van der Waals surface area contributed by atoms with Gasteiger partial charge in [0.1, 0.15) is 0 Å². The van der Waals surface area contributed by atoms with Crippen LogP contribution >= 0.6 is 0 Å². The van der Waals surface area contributed by atoms with Crippen molar-refractivity contribution in [2.75, 3.05) is 0 Å². The second kappa shape index (κ2) is 11.5. The van der Waals surface area contributed by atoms with E-state index in [0.29, 0.717) is 0 Å². The van der Waals surface area contributed by atoms with Crippen LogP contribution in [0.25, 0.3) is 115 Å². The van der Waals surface area contributed by atoms with E-state index in [0.717, 1.165) is 11.4 Å². The van der Waals surface area contributed by atoms with Gasteiger partial charge in [-0.25, -0.2) is 0 Å². The van der Waals surface area contributed by atoms with Crippen molar-refractivity contribution in [1.82, 2.24) is 13.5 Å². The molecule has 0 atom stereocenters. The summed E-state index contributed by atoms with van der Waals surface area (Å²) in [4.78, 5) is 0. The molecule has 13 rings (SSSR count). The van der Waals surface area contributed by atoms with Gasteiger partial charge in [0.25, 0.3) is 0 Å². The Morgan fingerprint density at radius 3 is 1.05 bits per heavy atom. The topological polar surface area (TPSA) is 14.3 Å². The van der Waals surface area contributed by atoms with Gasteiger partial charge in [0.05, 0.1) is 44.3 Å². The molecular formula is C54H33N3. The monoisotopic (exact) mass is 723 g/mol. The molecule has 0 aliphatic carbocycles. The van der Waals surface area contributed by atoms with Gasteiger partial charge >= 0.3 is 0 Å². The molecular weight excluding hydrogens is 691 g/mol. The van der Waals surface area contributed by atoms with Crippen LogP contribution in [0, 0.1) is 0 Å². The Bertz CT molecular complexity index is 3770. The smallest absolute Gasteiger partial charge is 0.0782 e. The maximum absolute atomic E-state index is 2.59. The minimum Gasteiger partial charge on any atom is -0.309 e. The summed E-state index contributed by atoms with van der Waals surface area (Å²) in [5.74, 6) is 0. The normalized spacial score (nSPS) is 12.2. The summed E-state index contributed by atoms with van der Waals surface area (Å²) in [5, 5.41) is 14.7. The van der Waals surface area contributed by atoms with Gasteiger partial charge in [-0.05, 0) is 70.1 Å². The Morgan fingerprint density at radius 2 is 0.561 bits per heavy atom. The number of rotatable bonds is 2. The molecule has 0 fully saturated rings. The molecule has 0 bridgehead atoms. The van der Waals surface area contributed by atoms with Gasteiger partial charge in [-0.2, -0.15) is 0 Å². The Labute approximate surface area is 327 Å². The fourth-order valence-corrected chi connectivity index (χ4v) is 10.1. The third-order valence-corrected chi connectivity index (χ3v) is 12.4. The van der Waals surface area contributed by atoms with E-state index < -0.39 is 0 Å².